The number of rotatable bonds is 6. The smallest absolute Gasteiger partial charge is 0.255 e. The summed E-state index contributed by atoms with van der Waals surface area (Å²) in [5, 5.41) is 0. The number of carbonyl (C=O) groups is 1. The van der Waals surface area contributed by atoms with E-state index in [1.807, 2.05) is 37.3 Å². The van der Waals surface area contributed by atoms with E-state index >= 15 is 0 Å². The molecule has 6 nitrogen and oxygen atoms in total. The molecule has 3 aliphatic rings. The highest BCUT2D eigenvalue weighted by atomic mass is 32.2. The largest absolute Gasteiger partial charge is 0.296 e. The topological polar surface area (TPSA) is 75.7 Å². The minimum Gasteiger partial charge on any atom is -0.296 e. The molecule has 2 bridgehead atoms. The summed E-state index contributed by atoms with van der Waals surface area (Å²) in [5.74, 6) is 0.216. The lowest BCUT2D eigenvalue weighted by Crippen LogP contribution is -2.51. The van der Waals surface area contributed by atoms with Gasteiger partial charge in [-0.3, -0.25) is 9.63 Å². The summed E-state index contributed by atoms with van der Waals surface area (Å²) in [7, 11) is -3.60. The van der Waals surface area contributed by atoms with Gasteiger partial charge in [-0.1, -0.05) is 51.1 Å². The monoisotopic (exact) mass is 406 g/mol. The van der Waals surface area contributed by atoms with Crippen molar-refractivity contribution in [3.8, 4) is 0 Å². The minimum atomic E-state index is -3.60. The Kier molecular flexibility index (Phi) is 4.83. The van der Waals surface area contributed by atoms with Crippen LogP contribution in [0.25, 0.3) is 0 Å². The summed E-state index contributed by atoms with van der Waals surface area (Å²) in [6.07, 6.45) is 3.22. The first-order valence-electron chi connectivity index (χ1n) is 10.2. The molecule has 1 heterocycles. The lowest BCUT2D eigenvalue weighted by atomic mass is 9.69. The number of carbonyl (C=O) groups excluding carboxylic acids is 1. The van der Waals surface area contributed by atoms with Crippen LogP contribution in [0.15, 0.2) is 30.3 Å². The van der Waals surface area contributed by atoms with Crippen molar-refractivity contribution in [1.82, 2.24) is 9.79 Å². The Labute approximate surface area is 167 Å². The molecule has 0 radical (unpaired) electrons. The predicted molar refractivity (Wildman–Crippen MR) is 106 cm³/mol. The molecule has 1 amide bonds. The molecule has 2 aliphatic carbocycles. The molecule has 1 saturated heterocycles. The van der Waals surface area contributed by atoms with Gasteiger partial charge in [-0.15, -0.1) is 0 Å². The summed E-state index contributed by atoms with van der Waals surface area (Å²) >= 11 is 0. The van der Waals surface area contributed by atoms with Crippen LogP contribution in [-0.2, 0) is 26.3 Å². The van der Waals surface area contributed by atoms with Crippen molar-refractivity contribution in [1.29, 1.82) is 0 Å². The second-order valence-electron chi connectivity index (χ2n) is 9.11. The van der Waals surface area contributed by atoms with Crippen LogP contribution in [-0.4, -0.2) is 36.5 Å². The van der Waals surface area contributed by atoms with Gasteiger partial charge in [-0.05, 0) is 42.6 Å². The van der Waals surface area contributed by atoms with E-state index in [0.717, 1.165) is 24.8 Å². The molecule has 7 heteroatoms. The number of fused-ring (bicyclic) bond motifs is 1. The van der Waals surface area contributed by atoms with Crippen LogP contribution in [0.2, 0.25) is 0 Å². The number of nitrogens with one attached hydrogen (secondary N) is 1. The first-order valence-corrected chi connectivity index (χ1v) is 11.8. The summed E-state index contributed by atoms with van der Waals surface area (Å²) in [4.78, 5) is 18.8. The maximum Gasteiger partial charge on any atom is 0.255 e. The van der Waals surface area contributed by atoms with Gasteiger partial charge < -0.3 is 0 Å². The summed E-state index contributed by atoms with van der Waals surface area (Å²) in [5.41, 5.74) is 3.47. The molecule has 1 spiro atoms. The van der Waals surface area contributed by atoms with Crippen LogP contribution in [0, 0.1) is 16.7 Å². The zero-order chi connectivity index (χ0) is 20.2. The second kappa shape index (κ2) is 6.82. The molecule has 4 atom stereocenters. The highest BCUT2D eigenvalue weighted by molar-refractivity contribution is 7.90. The van der Waals surface area contributed by atoms with Crippen molar-refractivity contribution in [2.45, 2.75) is 65.1 Å². The zero-order valence-corrected chi connectivity index (χ0v) is 17.7. The van der Waals surface area contributed by atoms with E-state index in [1.54, 1.807) is 0 Å². The summed E-state index contributed by atoms with van der Waals surface area (Å²) in [6.45, 7) is 6.56. The quantitative estimate of drug-likeness (QED) is 0.735. The fourth-order valence-electron chi connectivity index (χ4n) is 5.84. The first-order chi connectivity index (χ1) is 13.2. The Morgan fingerprint density at radius 1 is 1.32 bits per heavy atom. The average molecular weight is 407 g/mol. The average Bonchev–Trinajstić information content (AvgIpc) is 3.13. The molecule has 3 fully saturated rings. The Balaban J connectivity index is 1.50. The van der Waals surface area contributed by atoms with Gasteiger partial charge in [0.2, 0.25) is 10.0 Å². The van der Waals surface area contributed by atoms with Crippen LogP contribution in [0.1, 0.15) is 52.0 Å². The molecule has 4 rings (SSSR count). The van der Waals surface area contributed by atoms with E-state index in [1.165, 1.54) is 4.31 Å². The molecular weight excluding hydrogens is 376 g/mol. The standard InChI is InChI=1S/C21H30N2O4S/c1-4-17(22-27-13-15-8-6-5-7-9-15)19(24)23-18-12-16-10-11-21(18,20(16,2)3)14-28(23,25)26/h5-9,16-18,22H,4,10-14H2,1-3H3/t16-,17+,18-,21-/m0/s1. The van der Waals surface area contributed by atoms with Crippen molar-refractivity contribution < 1.29 is 18.0 Å². The third kappa shape index (κ3) is 2.82. The van der Waals surface area contributed by atoms with E-state index in [9.17, 15) is 13.2 Å². The van der Waals surface area contributed by atoms with Crippen molar-refractivity contribution >= 4 is 15.9 Å². The Bertz CT molecular complexity index is 854. The normalized spacial score (nSPS) is 33.0. The summed E-state index contributed by atoms with van der Waals surface area (Å²) in [6, 6.07) is 8.79. The van der Waals surface area contributed by atoms with Crippen LogP contribution >= 0.6 is 0 Å². The molecular formula is C21H30N2O4S. The lowest BCUT2D eigenvalue weighted by Gasteiger charge is -2.37. The van der Waals surface area contributed by atoms with Crippen LogP contribution in [0.3, 0.4) is 0 Å². The van der Waals surface area contributed by atoms with Gasteiger partial charge in [0.25, 0.3) is 5.91 Å². The molecule has 1 aromatic carbocycles. The number of hydroxylamine groups is 1. The molecule has 2 saturated carbocycles. The molecule has 0 aromatic heterocycles. The van der Waals surface area contributed by atoms with E-state index < -0.39 is 16.1 Å². The minimum absolute atomic E-state index is 0.0429. The van der Waals surface area contributed by atoms with Gasteiger partial charge in [0.15, 0.2) is 0 Å². The van der Waals surface area contributed by atoms with Gasteiger partial charge in [0.1, 0.15) is 6.04 Å². The molecule has 1 N–H and O–H groups in total. The van der Waals surface area contributed by atoms with E-state index in [2.05, 4.69) is 19.3 Å². The van der Waals surface area contributed by atoms with Gasteiger partial charge in [0.05, 0.1) is 18.4 Å². The van der Waals surface area contributed by atoms with E-state index in [0.29, 0.717) is 18.9 Å². The lowest BCUT2D eigenvalue weighted by molar-refractivity contribution is -0.136. The molecule has 1 aromatic rings. The Morgan fingerprint density at radius 3 is 2.68 bits per heavy atom. The van der Waals surface area contributed by atoms with Crippen molar-refractivity contribution in [2.24, 2.45) is 16.7 Å². The third-order valence-corrected chi connectivity index (χ3v) is 9.56. The number of amides is 1. The fourth-order valence-corrected chi connectivity index (χ4v) is 8.42. The van der Waals surface area contributed by atoms with Gasteiger partial charge in [0, 0.05) is 5.41 Å². The maximum absolute atomic E-state index is 13.3. The highest BCUT2D eigenvalue weighted by Crippen LogP contribution is 2.70. The predicted octanol–water partition coefficient (Wildman–Crippen LogP) is 2.85. The van der Waals surface area contributed by atoms with Crippen LogP contribution in [0.5, 0.6) is 0 Å². The molecule has 0 unspecified atom stereocenters. The zero-order valence-electron chi connectivity index (χ0n) is 16.8. The number of sulfonamides is 1. The number of benzene rings is 1. The third-order valence-electron chi connectivity index (χ3n) is 7.64. The number of hydrogen-bond donors (Lipinski definition) is 1. The van der Waals surface area contributed by atoms with Gasteiger partial charge >= 0.3 is 0 Å². The highest BCUT2D eigenvalue weighted by Gasteiger charge is 2.72. The fraction of sp³-hybridized carbons (Fsp3) is 0.667. The van der Waals surface area contributed by atoms with Crippen molar-refractivity contribution in [3.05, 3.63) is 35.9 Å². The SMILES string of the molecule is CC[C@@H](NOCc1ccccc1)C(=O)N1[C@H]2C[C@@H]3CC[C@@]2(CS1(=O)=O)C3(C)C. The summed E-state index contributed by atoms with van der Waals surface area (Å²) < 4.78 is 27.3. The van der Waals surface area contributed by atoms with Gasteiger partial charge in [-0.25, -0.2) is 12.7 Å². The van der Waals surface area contributed by atoms with Crippen molar-refractivity contribution in [3.63, 3.8) is 0 Å². The molecule has 1 aliphatic heterocycles. The molecule has 28 heavy (non-hydrogen) atoms. The number of nitrogens with zero attached hydrogens (tertiary/aromatic N) is 1. The Hall–Kier alpha value is -1.44. The van der Waals surface area contributed by atoms with Gasteiger partial charge in [-0.2, -0.15) is 5.48 Å². The van der Waals surface area contributed by atoms with Crippen LogP contribution < -0.4 is 5.48 Å². The van der Waals surface area contributed by atoms with Crippen molar-refractivity contribution in [2.75, 3.05) is 5.75 Å². The van der Waals surface area contributed by atoms with Crippen LogP contribution in [0.4, 0.5) is 0 Å². The number of hydrogen-bond acceptors (Lipinski definition) is 5. The maximum atomic E-state index is 13.3. The second-order valence-corrected chi connectivity index (χ2v) is 11.0. The van der Waals surface area contributed by atoms with E-state index in [4.69, 9.17) is 4.84 Å². The Morgan fingerprint density at radius 2 is 2.04 bits per heavy atom. The first kappa shape index (κ1) is 19.9. The van der Waals surface area contributed by atoms with E-state index in [-0.39, 0.29) is 28.5 Å². The molecule has 154 valence electrons.